The van der Waals surface area contributed by atoms with Crippen molar-refractivity contribution in [1.82, 2.24) is 10.2 Å². The Balaban J connectivity index is 2.16. The molecule has 2 rings (SSSR count). The van der Waals surface area contributed by atoms with Crippen LogP contribution in [0.2, 0.25) is 10.0 Å². The zero-order valence-electron chi connectivity index (χ0n) is 20.5. The highest BCUT2D eigenvalue weighted by atomic mass is 35.5. The SMILES string of the molecule is CC[C@H](C)NC(=O)[C@H](C)N(Cc1cccc(Cl)c1)C(=O)CCCN(c1ccc(Cl)cc1)S(C)(=O)=O. The van der Waals surface area contributed by atoms with Gasteiger partial charge in [-0.15, -0.1) is 0 Å². The van der Waals surface area contributed by atoms with Crippen LogP contribution in [-0.2, 0) is 26.2 Å². The van der Waals surface area contributed by atoms with E-state index in [1.807, 2.05) is 19.9 Å². The van der Waals surface area contributed by atoms with E-state index in [2.05, 4.69) is 5.32 Å². The van der Waals surface area contributed by atoms with Crippen LogP contribution >= 0.6 is 23.2 Å². The lowest BCUT2D eigenvalue weighted by Crippen LogP contribution is -2.49. The third kappa shape index (κ3) is 9.02. The number of hydrogen-bond donors (Lipinski definition) is 1. The van der Waals surface area contributed by atoms with Crippen molar-refractivity contribution in [3.05, 3.63) is 64.1 Å². The smallest absolute Gasteiger partial charge is 0.242 e. The van der Waals surface area contributed by atoms with E-state index in [-0.39, 0.29) is 43.8 Å². The highest BCUT2D eigenvalue weighted by Gasteiger charge is 2.27. The maximum atomic E-state index is 13.3. The minimum absolute atomic E-state index is 0.0178. The minimum atomic E-state index is -3.56. The van der Waals surface area contributed by atoms with E-state index in [4.69, 9.17) is 23.2 Å². The van der Waals surface area contributed by atoms with Crippen molar-refractivity contribution in [3.63, 3.8) is 0 Å². The highest BCUT2D eigenvalue weighted by Crippen LogP contribution is 2.22. The molecule has 0 fully saturated rings. The second kappa shape index (κ2) is 13.1. The van der Waals surface area contributed by atoms with Gasteiger partial charge in [0.1, 0.15) is 6.04 Å². The molecule has 0 heterocycles. The van der Waals surface area contributed by atoms with Gasteiger partial charge in [-0.2, -0.15) is 0 Å². The lowest BCUT2D eigenvalue weighted by molar-refractivity contribution is -0.140. The Bertz CT molecular complexity index is 1110. The standard InChI is InChI=1S/C25H33Cl2N3O4S/c1-5-18(2)28-25(32)19(3)29(17-20-8-6-9-22(27)16-20)24(31)10-7-15-30(35(4,33)34)23-13-11-21(26)12-14-23/h6,8-9,11-14,16,18-19H,5,7,10,15,17H2,1-4H3,(H,28,32)/t18-,19-/m0/s1. The van der Waals surface area contributed by atoms with E-state index < -0.39 is 16.1 Å². The van der Waals surface area contributed by atoms with Gasteiger partial charge in [0.25, 0.3) is 0 Å². The number of rotatable bonds is 12. The number of carbonyl (C=O) groups excluding carboxylic acids is 2. The Morgan fingerprint density at radius 3 is 2.26 bits per heavy atom. The number of halogens is 2. The molecule has 35 heavy (non-hydrogen) atoms. The molecule has 0 aliphatic carbocycles. The monoisotopic (exact) mass is 541 g/mol. The number of sulfonamides is 1. The number of nitrogens with zero attached hydrogens (tertiary/aromatic N) is 2. The topological polar surface area (TPSA) is 86.8 Å². The molecule has 0 spiro atoms. The first-order chi connectivity index (χ1) is 16.4. The largest absolute Gasteiger partial charge is 0.352 e. The van der Waals surface area contributed by atoms with E-state index >= 15 is 0 Å². The van der Waals surface area contributed by atoms with Gasteiger partial charge in [-0.05, 0) is 68.7 Å². The van der Waals surface area contributed by atoms with Crippen LogP contribution in [0.25, 0.3) is 0 Å². The zero-order chi connectivity index (χ0) is 26.2. The van der Waals surface area contributed by atoms with E-state index in [9.17, 15) is 18.0 Å². The van der Waals surface area contributed by atoms with Gasteiger partial charge in [0.2, 0.25) is 21.8 Å². The molecule has 2 atom stereocenters. The Labute approximate surface area is 218 Å². The van der Waals surface area contributed by atoms with E-state index in [1.165, 1.54) is 9.21 Å². The fraction of sp³-hybridized carbons (Fsp3) is 0.440. The van der Waals surface area contributed by atoms with Crippen LogP contribution in [0.5, 0.6) is 0 Å². The first-order valence-electron chi connectivity index (χ1n) is 11.5. The molecule has 2 aromatic rings. The number of amides is 2. The fourth-order valence-corrected chi connectivity index (χ4v) is 4.80. The first-order valence-corrected chi connectivity index (χ1v) is 14.1. The summed E-state index contributed by atoms with van der Waals surface area (Å²) in [6, 6.07) is 12.9. The lowest BCUT2D eigenvalue weighted by atomic mass is 10.1. The average molecular weight is 543 g/mol. The Hall–Kier alpha value is -2.29. The summed E-state index contributed by atoms with van der Waals surface area (Å²) in [7, 11) is -3.56. The molecule has 7 nitrogen and oxygen atoms in total. The number of nitrogens with one attached hydrogen (secondary N) is 1. The summed E-state index contributed by atoms with van der Waals surface area (Å²) in [6.07, 6.45) is 2.24. The van der Waals surface area contributed by atoms with Crippen molar-refractivity contribution in [2.75, 3.05) is 17.1 Å². The predicted molar refractivity (Wildman–Crippen MR) is 142 cm³/mol. The van der Waals surface area contributed by atoms with Gasteiger partial charge in [-0.3, -0.25) is 13.9 Å². The summed E-state index contributed by atoms with van der Waals surface area (Å²) in [5.74, 6) is -0.491. The molecule has 0 saturated carbocycles. The molecule has 192 valence electrons. The summed E-state index contributed by atoms with van der Waals surface area (Å²) in [5.41, 5.74) is 1.27. The van der Waals surface area contributed by atoms with Gasteiger partial charge in [0, 0.05) is 35.6 Å². The molecular formula is C25H33Cl2N3O4S. The summed E-state index contributed by atoms with van der Waals surface area (Å²) in [6.45, 7) is 5.89. The maximum Gasteiger partial charge on any atom is 0.242 e. The molecule has 0 bridgehead atoms. The predicted octanol–water partition coefficient (Wildman–Crippen LogP) is 4.87. The molecule has 2 aromatic carbocycles. The van der Waals surface area contributed by atoms with Crippen LogP contribution < -0.4 is 9.62 Å². The lowest BCUT2D eigenvalue weighted by Gasteiger charge is -2.30. The minimum Gasteiger partial charge on any atom is -0.352 e. The molecule has 0 aliphatic heterocycles. The Morgan fingerprint density at radius 2 is 1.69 bits per heavy atom. The second-order valence-electron chi connectivity index (χ2n) is 8.56. The Morgan fingerprint density at radius 1 is 1.03 bits per heavy atom. The highest BCUT2D eigenvalue weighted by molar-refractivity contribution is 7.92. The van der Waals surface area contributed by atoms with E-state index in [0.29, 0.717) is 15.7 Å². The quantitative estimate of drug-likeness (QED) is 0.415. The van der Waals surface area contributed by atoms with Crippen molar-refractivity contribution < 1.29 is 18.0 Å². The Kier molecular flexibility index (Phi) is 10.9. The number of anilines is 1. The van der Waals surface area contributed by atoms with Crippen molar-refractivity contribution in [2.24, 2.45) is 0 Å². The average Bonchev–Trinajstić information content (AvgIpc) is 2.79. The summed E-state index contributed by atoms with van der Waals surface area (Å²) in [5, 5.41) is 3.96. The molecule has 2 amide bonds. The molecule has 0 aliphatic rings. The number of hydrogen-bond acceptors (Lipinski definition) is 4. The van der Waals surface area contributed by atoms with Crippen molar-refractivity contribution >= 4 is 50.7 Å². The van der Waals surface area contributed by atoms with Crippen molar-refractivity contribution in [2.45, 2.75) is 58.7 Å². The molecule has 10 heteroatoms. The van der Waals surface area contributed by atoms with Gasteiger partial charge in [-0.25, -0.2) is 8.42 Å². The molecule has 1 N–H and O–H groups in total. The maximum absolute atomic E-state index is 13.3. The first kappa shape index (κ1) is 28.9. The summed E-state index contributed by atoms with van der Waals surface area (Å²) >= 11 is 12.0. The third-order valence-electron chi connectivity index (χ3n) is 5.68. The van der Waals surface area contributed by atoms with Gasteiger partial charge in [0.15, 0.2) is 0 Å². The van der Waals surface area contributed by atoms with Crippen LogP contribution in [-0.4, -0.2) is 50.0 Å². The molecule has 0 aromatic heterocycles. The van der Waals surface area contributed by atoms with Crippen LogP contribution in [0.1, 0.15) is 45.6 Å². The molecule has 0 unspecified atom stereocenters. The normalized spacial score (nSPS) is 13.1. The molecule has 0 radical (unpaired) electrons. The second-order valence-corrected chi connectivity index (χ2v) is 11.3. The van der Waals surface area contributed by atoms with E-state index in [1.54, 1.807) is 49.4 Å². The van der Waals surface area contributed by atoms with Crippen LogP contribution in [0.15, 0.2) is 48.5 Å². The molecule has 0 saturated heterocycles. The van der Waals surface area contributed by atoms with Gasteiger partial charge in [0.05, 0.1) is 11.9 Å². The number of benzene rings is 2. The van der Waals surface area contributed by atoms with Gasteiger partial charge < -0.3 is 10.2 Å². The zero-order valence-corrected chi connectivity index (χ0v) is 22.8. The van der Waals surface area contributed by atoms with Crippen molar-refractivity contribution in [1.29, 1.82) is 0 Å². The molecular weight excluding hydrogens is 509 g/mol. The summed E-state index contributed by atoms with van der Waals surface area (Å²) < 4.78 is 26.0. The third-order valence-corrected chi connectivity index (χ3v) is 7.36. The van der Waals surface area contributed by atoms with Crippen LogP contribution in [0.3, 0.4) is 0 Å². The van der Waals surface area contributed by atoms with Crippen LogP contribution in [0, 0.1) is 0 Å². The van der Waals surface area contributed by atoms with Gasteiger partial charge >= 0.3 is 0 Å². The van der Waals surface area contributed by atoms with Crippen molar-refractivity contribution in [3.8, 4) is 0 Å². The number of carbonyl (C=O) groups is 2. The summed E-state index contributed by atoms with van der Waals surface area (Å²) in [4.78, 5) is 27.6. The fourth-order valence-electron chi connectivity index (χ4n) is 3.49. The van der Waals surface area contributed by atoms with E-state index in [0.717, 1.165) is 18.2 Å². The van der Waals surface area contributed by atoms with Crippen LogP contribution in [0.4, 0.5) is 5.69 Å². The van der Waals surface area contributed by atoms with Gasteiger partial charge in [-0.1, -0.05) is 42.3 Å².